The van der Waals surface area contributed by atoms with Gasteiger partial charge in [0, 0.05) is 17.0 Å². The number of thioether (sulfide) groups is 1. The first-order chi connectivity index (χ1) is 14.5. The van der Waals surface area contributed by atoms with Crippen LogP contribution in [0.4, 0.5) is 5.69 Å². The Bertz CT molecular complexity index is 976. The lowest BCUT2D eigenvalue weighted by atomic mass is 10.1. The third kappa shape index (κ3) is 3.92. The summed E-state index contributed by atoms with van der Waals surface area (Å²) < 4.78 is 16.6. The van der Waals surface area contributed by atoms with Gasteiger partial charge in [-0.05, 0) is 49.2 Å². The van der Waals surface area contributed by atoms with E-state index in [9.17, 15) is 9.59 Å². The maximum absolute atomic E-state index is 13.2. The molecule has 0 spiro atoms. The zero-order chi connectivity index (χ0) is 21.3. The van der Waals surface area contributed by atoms with Crippen LogP contribution in [0.15, 0.2) is 30.3 Å². The normalized spacial score (nSPS) is 17.6. The first-order valence-corrected chi connectivity index (χ1v) is 10.9. The number of fused-ring (bicyclic) bond motifs is 1. The van der Waals surface area contributed by atoms with Crippen molar-refractivity contribution in [3.8, 4) is 17.2 Å². The van der Waals surface area contributed by atoms with Crippen molar-refractivity contribution in [2.75, 3.05) is 37.3 Å². The summed E-state index contributed by atoms with van der Waals surface area (Å²) in [5.41, 5.74) is 3.40. The first-order valence-electron chi connectivity index (χ1n) is 9.72. The second-order valence-electron chi connectivity index (χ2n) is 7.28. The van der Waals surface area contributed by atoms with Gasteiger partial charge in [0.25, 0.3) is 5.91 Å². The van der Waals surface area contributed by atoms with E-state index in [1.54, 1.807) is 28.8 Å². The summed E-state index contributed by atoms with van der Waals surface area (Å²) in [5.74, 6) is 1.98. The van der Waals surface area contributed by atoms with Gasteiger partial charge in [-0.1, -0.05) is 6.07 Å². The van der Waals surface area contributed by atoms with Crippen molar-refractivity contribution in [1.29, 1.82) is 0 Å². The van der Waals surface area contributed by atoms with E-state index in [1.165, 1.54) is 7.11 Å². The molecule has 2 aromatic rings. The number of methoxy groups -OCH3 is 1. The van der Waals surface area contributed by atoms with E-state index in [1.807, 2.05) is 32.0 Å². The van der Waals surface area contributed by atoms with E-state index in [-0.39, 0.29) is 11.8 Å². The van der Waals surface area contributed by atoms with Crippen LogP contribution in [-0.4, -0.2) is 54.7 Å². The number of hydrogen-bond acceptors (Lipinski definition) is 6. The van der Waals surface area contributed by atoms with Crippen molar-refractivity contribution in [3.63, 3.8) is 0 Å². The maximum atomic E-state index is 13.2. The van der Waals surface area contributed by atoms with Crippen LogP contribution in [0.5, 0.6) is 17.2 Å². The summed E-state index contributed by atoms with van der Waals surface area (Å²) >= 11 is 1.55. The molecule has 1 saturated heterocycles. The number of benzene rings is 2. The van der Waals surface area contributed by atoms with Gasteiger partial charge < -0.3 is 24.4 Å². The molecule has 0 aromatic heterocycles. The number of ether oxygens (including phenoxy) is 3. The minimum Gasteiger partial charge on any atom is -0.493 e. The first kappa shape index (κ1) is 20.4. The maximum Gasteiger partial charge on any atom is 0.255 e. The molecule has 1 atom stereocenters. The molecule has 8 heteroatoms. The molecule has 1 N–H and O–H groups in total. The Morgan fingerprint density at radius 2 is 1.93 bits per heavy atom. The quantitative estimate of drug-likeness (QED) is 0.806. The molecule has 0 aliphatic carbocycles. The van der Waals surface area contributed by atoms with E-state index < -0.39 is 6.04 Å². The molecule has 1 fully saturated rings. The Morgan fingerprint density at radius 1 is 1.13 bits per heavy atom. The third-order valence-corrected chi connectivity index (χ3v) is 6.31. The monoisotopic (exact) mass is 428 g/mol. The number of anilines is 1. The lowest BCUT2D eigenvalue weighted by molar-refractivity contribution is -0.119. The standard InChI is InChI=1S/C22H24N2O5S/c1-13-4-5-16(8-14(13)2)23-21(25)17-11-30-12-24(17)22(26)15-9-18(27-3)20-19(10-15)28-6-7-29-20/h4-5,8-10,17H,6-7,11-12H2,1-3H3,(H,23,25). The van der Waals surface area contributed by atoms with Gasteiger partial charge in [-0.2, -0.15) is 0 Å². The Kier molecular flexibility index (Phi) is 5.76. The summed E-state index contributed by atoms with van der Waals surface area (Å²) in [6.07, 6.45) is 0. The molecule has 2 aliphatic rings. The number of hydrogen-bond donors (Lipinski definition) is 1. The van der Waals surface area contributed by atoms with Crippen LogP contribution in [0.1, 0.15) is 21.5 Å². The Hall–Kier alpha value is -2.87. The fourth-order valence-corrected chi connectivity index (χ4v) is 4.62. The molecule has 2 heterocycles. The number of nitrogens with one attached hydrogen (secondary N) is 1. The third-order valence-electron chi connectivity index (χ3n) is 5.30. The molecule has 0 saturated carbocycles. The average Bonchev–Trinajstić information content (AvgIpc) is 3.25. The second-order valence-corrected chi connectivity index (χ2v) is 8.28. The number of rotatable bonds is 4. The fraction of sp³-hybridized carbons (Fsp3) is 0.364. The minimum atomic E-state index is -0.552. The van der Waals surface area contributed by atoms with E-state index in [4.69, 9.17) is 14.2 Å². The topological polar surface area (TPSA) is 77.1 Å². The van der Waals surface area contributed by atoms with Crippen molar-refractivity contribution < 1.29 is 23.8 Å². The molecule has 0 bridgehead atoms. The number of amides is 2. The summed E-state index contributed by atoms with van der Waals surface area (Å²) in [4.78, 5) is 27.8. The second kappa shape index (κ2) is 8.47. The van der Waals surface area contributed by atoms with Gasteiger partial charge >= 0.3 is 0 Å². The molecule has 1 unspecified atom stereocenters. The molecule has 2 aliphatic heterocycles. The van der Waals surface area contributed by atoms with E-state index >= 15 is 0 Å². The highest BCUT2D eigenvalue weighted by atomic mass is 32.2. The average molecular weight is 429 g/mol. The fourth-order valence-electron chi connectivity index (χ4n) is 3.47. The highest BCUT2D eigenvalue weighted by Gasteiger charge is 2.36. The predicted octanol–water partition coefficient (Wildman–Crippen LogP) is 3.24. The zero-order valence-electron chi connectivity index (χ0n) is 17.2. The minimum absolute atomic E-state index is 0.193. The molecule has 2 amide bonds. The predicted molar refractivity (Wildman–Crippen MR) is 116 cm³/mol. The number of aryl methyl sites for hydroxylation is 2. The van der Waals surface area contributed by atoms with Gasteiger partial charge in [-0.15, -0.1) is 11.8 Å². The molecule has 7 nitrogen and oxygen atoms in total. The van der Waals surface area contributed by atoms with Crippen molar-refractivity contribution in [1.82, 2.24) is 4.90 Å². The highest BCUT2D eigenvalue weighted by Crippen LogP contribution is 2.41. The lowest BCUT2D eigenvalue weighted by Gasteiger charge is -2.25. The van der Waals surface area contributed by atoms with Gasteiger partial charge in [-0.25, -0.2) is 0 Å². The van der Waals surface area contributed by atoms with Crippen LogP contribution in [0.25, 0.3) is 0 Å². The molecule has 2 aromatic carbocycles. The van der Waals surface area contributed by atoms with E-state index in [0.29, 0.717) is 47.7 Å². The van der Waals surface area contributed by atoms with Gasteiger partial charge in [0.1, 0.15) is 19.3 Å². The SMILES string of the molecule is COc1cc(C(=O)N2CSCC2C(=O)Nc2ccc(C)c(C)c2)cc2c1OCCO2. The molecule has 0 radical (unpaired) electrons. The smallest absolute Gasteiger partial charge is 0.255 e. The number of nitrogens with zero attached hydrogens (tertiary/aromatic N) is 1. The molecule has 30 heavy (non-hydrogen) atoms. The molecule has 4 rings (SSSR count). The van der Waals surface area contributed by atoms with E-state index in [2.05, 4.69) is 5.32 Å². The van der Waals surface area contributed by atoms with Crippen LogP contribution in [0, 0.1) is 13.8 Å². The van der Waals surface area contributed by atoms with Crippen LogP contribution in [0.3, 0.4) is 0 Å². The Labute approximate surface area is 179 Å². The molecule has 158 valence electrons. The van der Waals surface area contributed by atoms with E-state index in [0.717, 1.165) is 16.8 Å². The van der Waals surface area contributed by atoms with Gasteiger partial charge in [0.2, 0.25) is 11.7 Å². The van der Waals surface area contributed by atoms with Gasteiger partial charge in [-0.3, -0.25) is 9.59 Å². The summed E-state index contributed by atoms with van der Waals surface area (Å²) in [5, 5.41) is 2.95. The zero-order valence-corrected chi connectivity index (χ0v) is 18.0. The van der Waals surface area contributed by atoms with Crippen molar-refractivity contribution in [2.24, 2.45) is 0 Å². The number of carbonyl (C=O) groups excluding carboxylic acids is 2. The number of carbonyl (C=O) groups is 2. The van der Waals surface area contributed by atoms with Crippen molar-refractivity contribution >= 4 is 29.3 Å². The van der Waals surface area contributed by atoms with Gasteiger partial charge in [0.15, 0.2) is 11.5 Å². The van der Waals surface area contributed by atoms with Crippen LogP contribution >= 0.6 is 11.8 Å². The largest absolute Gasteiger partial charge is 0.493 e. The molecular weight excluding hydrogens is 404 g/mol. The Morgan fingerprint density at radius 3 is 2.70 bits per heavy atom. The summed E-state index contributed by atoms with van der Waals surface area (Å²) in [6, 6.07) is 8.52. The van der Waals surface area contributed by atoms with Crippen molar-refractivity contribution in [2.45, 2.75) is 19.9 Å². The lowest BCUT2D eigenvalue weighted by Crippen LogP contribution is -2.44. The summed E-state index contributed by atoms with van der Waals surface area (Å²) in [7, 11) is 1.52. The Balaban J connectivity index is 1.55. The molecular formula is C22H24N2O5S. The van der Waals surface area contributed by atoms with Crippen LogP contribution in [0.2, 0.25) is 0 Å². The highest BCUT2D eigenvalue weighted by molar-refractivity contribution is 7.99. The van der Waals surface area contributed by atoms with Crippen molar-refractivity contribution in [3.05, 3.63) is 47.0 Å². The summed E-state index contributed by atoms with van der Waals surface area (Å²) in [6.45, 7) is 4.87. The van der Waals surface area contributed by atoms with Gasteiger partial charge in [0.05, 0.1) is 13.0 Å². The van der Waals surface area contributed by atoms with Crippen LogP contribution in [-0.2, 0) is 4.79 Å². The van der Waals surface area contributed by atoms with Crippen LogP contribution < -0.4 is 19.5 Å².